The van der Waals surface area contributed by atoms with Gasteiger partial charge in [-0.15, -0.1) is 5.92 Å². The molecule has 5 atom stereocenters. The first-order chi connectivity index (χ1) is 16.0. The quantitative estimate of drug-likeness (QED) is 0.230. The fourth-order valence-electron chi connectivity index (χ4n) is 6.38. The van der Waals surface area contributed by atoms with Crippen LogP contribution in [0.2, 0.25) is 0 Å². The number of aliphatic hydroxyl groups excluding tert-OH is 1. The number of halogens is 1. The summed E-state index contributed by atoms with van der Waals surface area (Å²) in [7, 11) is 9.06. The van der Waals surface area contributed by atoms with E-state index in [0.29, 0.717) is 25.3 Å². The minimum absolute atomic E-state index is 0. The number of methoxy groups -OCH3 is 2. The minimum Gasteiger partial charge on any atom is -0.391 e. The number of rotatable bonds is 9. The second-order valence-corrected chi connectivity index (χ2v) is 13.7. The van der Waals surface area contributed by atoms with Crippen molar-refractivity contribution < 1.29 is 31.6 Å². The molecule has 1 unspecified atom stereocenters. The number of hydrogen-bond acceptors (Lipinski definition) is 5. The van der Waals surface area contributed by atoms with Gasteiger partial charge in [0.05, 0.1) is 51.9 Å². The van der Waals surface area contributed by atoms with E-state index in [1.165, 1.54) is 25.7 Å². The Hall–Kier alpha value is 0.514. The summed E-state index contributed by atoms with van der Waals surface area (Å²) in [6.45, 7) is 3.17. The first-order valence-corrected chi connectivity index (χ1v) is 15.1. The van der Waals surface area contributed by atoms with Crippen LogP contribution in [0.4, 0.5) is 0 Å². The van der Waals surface area contributed by atoms with E-state index in [4.69, 9.17) is 17.0 Å². The van der Waals surface area contributed by atoms with Crippen LogP contribution < -0.4 is 0 Å². The monoisotopic (exact) mass is 607 g/mol. The van der Waals surface area contributed by atoms with Gasteiger partial charge in [-0.2, -0.15) is 9.34 Å². The molecule has 1 heterocycles. The SMILES string of the molecule is [B][P+]1(C2[CH-][C@@H]([C@H](O)c3ccccc3Br)CCC2)N(CCOC)[C@@H]2CCCC[C@H]2N1CCOC.[CH3-].[Fe+2]. The summed E-state index contributed by atoms with van der Waals surface area (Å²) in [5.74, 6) is 0.110. The van der Waals surface area contributed by atoms with E-state index < -0.39 is 13.5 Å². The Labute approximate surface area is 234 Å². The molecule has 9 heteroatoms. The van der Waals surface area contributed by atoms with Gasteiger partial charge in [-0.1, -0.05) is 59.8 Å². The van der Waals surface area contributed by atoms with Gasteiger partial charge >= 0.3 is 24.6 Å². The molecule has 2 aliphatic carbocycles. The van der Waals surface area contributed by atoms with Crippen LogP contribution in [0.25, 0.3) is 0 Å². The Bertz CT molecular complexity index is 758. The number of hydrogen-bond donors (Lipinski definition) is 1. The van der Waals surface area contributed by atoms with Crippen LogP contribution in [0.15, 0.2) is 28.7 Å². The first-order valence-electron chi connectivity index (χ1n) is 12.5. The largest absolute Gasteiger partial charge is 2.00 e. The maximum absolute atomic E-state index is 11.3. The first kappa shape index (κ1) is 31.7. The van der Waals surface area contributed by atoms with Crippen LogP contribution in [0.1, 0.15) is 56.6 Å². The van der Waals surface area contributed by atoms with Crippen molar-refractivity contribution in [2.24, 2.45) is 5.92 Å². The standard InChI is InChI=1S/C25H39BBrN2O3P.CH3.Fe/c1-31-16-14-28-23-12-5-6-13-24(23)29(15-17-32-2)33(28,26)20-9-7-8-19(18-20)25(30)21-10-3-4-11-22(21)27;;/h3-4,10-11,18-20,23-25,30H,5-9,12-17H2,1-2H3;1H3;/q;-1;+2/t19-,20?,23+,24+,25-;;/m0../s1. The third-order valence-corrected chi connectivity index (χ3v) is 12.7. The Morgan fingerprint density at radius 3 is 2.14 bits per heavy atom. The zero-order chi connectivity index (χ0) is 23.4. The van der Waals surface area contributed by atoms with Crippen LogP contribution in [0.5, 0.6) is 0 Å². The molecule has 0 amide bonds. The van der Waals surface area contributed by atoms with Gasteiger partial charge in [-0.25, -0.2) is 0 Å². The molecule has 0 aromatic heterocycles. The van der Waals surface area contributed by atoms with Gasteiger partial charge in [-0.3, -0.25) is 6.42 Å². The molecule has 3 aliphatic rings. The number of ether oxygens (including phenoxy) is 2. The Balaban J connectivity index is 0.00000216. The predicted octanol–water partition coefficient (Wildman–Crippen LogP) is 5.46. The molecule has 196 valence electrons. The zero-order valence-corrected chi connectivity index (χ0v) is 25.1. The number of benzene rings is 1. The number of nitrogens with zero attached hydrogens (tertiary/aromatic N) is 2. The van der Waals surface area contributed by atoms with Crippen molar-refractivity contribution in [1.82, 2.24) is 9.34 Å². The van der Waals surface area contributed by atoms with Crippen molar-refractivity contribution in [3.8, 4) is 0 Å². The Kier molecular flexibility index (Phi) is 13.2. The van der Waals surface area contributed by atoms with E-state index in [9.17, 15) is 5.11 Å². The Morgan fingerprint density at radius 2 is 1.60 bits per heavy atom. The molecule has 5 nitrogen and oxygen atoms in total. The Morgan fingerprint density at radius 1 is 1.03 bits per heavy atom. The van der Waals surface area contributed by atoms with Crippen molar-refractivity contribution in [1.29, 1.82) is 0 Å². The molecule has 4 rings (SSSR count). The summed E-state index contributed by atoms with van der Waals surface area (Å²) in [4.78, 5) is 0. The van der Waals surface area contributed by atoms with Crippen molar-refractivity contribution >= 4 is 30.9 Å². The maximum Gasteiger partial charge on any atom is 2.00 e. The molecule has 35 heavy (non-hydrogen) atoms. The van der Waals surface area contributed by atoms with Crippen LogP contribution in [-0.4, -0.2) is 80.3 Å². The van der Waals surface area contributed by atoms with E-state index >= 15 is 0 Å². The van der Waals surface area contributed by atoms with Crippen LogP contribution >= 0.6 is 23.4 Å². The van der Waals surface area contributed by atoms with E-state index in [1.807, 2.05) is 24.3 Å². The summed E-state index contributed by atoms with van der Waals surface area (Å²) in [5.41, 5.74) is 1.25. The van der Waals surface area contributed by atoms with Gasteiger partial charge in [0.15, 0.2) is 0 Å². The maximum atomic E-state index is 11.3. The van der Waals surface area contributed by atoms with E-state index in [1.54, 1.807) is 14.2 Å². The smallest absolute Gasteiger partial charge is 0.391 e. The normalized spacial score (nSPS) is 29.6. The van der Waals surface area contributed by atoms with Gasteiger partial charge in [0.2, 0.25) is 0 Å². The molecular formula is C26H42BBrFeN2O3P+. The van der Waals surface area contributed by atoms with Gasteiger partial charge in [0.25, 0.3) is 0 Å². The molecular weight excluding hydrogens is 566 g/mol. The third-order valence-electron chi connectivity index (χ3n) is 7.96. The average Bonchev–Trinajstić information content (AvgIpc) is 3.09. The summed E-state index contributed by atoms with van der Waals surface area (Å²) in [6, 6.07) is 9.05. The molecule has 1 N–H and O–H groups in total. The number of fused-ring (bicyclic) bond motifs is 1. The summed E-state index contributed by atoms with van der Waals surface area (Å²) >= 11 is 3.64. The summed E-state index contributed by atoms with van der Waals surface area (Å²) in [6.07, 6.45) is 10.1. The average molecular weight is 608 g/mol. The zero-order valence-electron chi connectivity index (χ0n) is 21.5. The molecule has 0 spiro atoms. The second-order valence-electron chi connectivity index (χ2n) is 9.75. The van der Waals surface area contributed by atoms with E-state index in [0.717, 1.165) is 42.4 Å². The van der Waals surface area contributed by atoms with Crippen molar-refractivity contribution in [3.63, 3.8) is 0 Å². The molecule has 2 saturated carbocycles. The van der Waals surface area contributed by atoms with Crippen LogP contribution in [-0.2, 0) is 26.5 Å². The summed E-state index contributed by atoms with van der Waals surface area (Å²) in [5, 5.41) is 11.3. The van der Waals surface area contributed by atoms with Crippen LogP contribution in [0.3, 0.4) is 0 Å². The fraction of sp³-hybridized carbons (Fsp3) is 0.692. The third kappa shape index (κ3) is 6.57. The van der Waals surface area contributed by atoms with Gasteiger partial charge in [0.1, 0.15) is 0 Å². The van der Waals surface area contributed by atoms with Crippen molar-refractivity contribution in [3.05, 3.63) is 48.1 Å². The molecule has 1 aliphatic heterocycles. The molecule has 1 aromatic carbocycles. The van der Waals surface area contributed by atoms with E-state index in [2.05, 4.69) is 31.7 Å². The number of aliphatic hydroxyl groups is 1. The van der Waals surface area contributed by atoms with Gasteiger partial charge < -0.3 is 22.0 Å². The van der Waals surface area contributed by atoms with Crippen LogP contribution in [0, 0.1) is 19.8 Å². The minimum atomic E-state index is -2.13. The second kappa shape index (κ2) is 14.6. The molecule has 1 saturated heterocycles. The van der Waals surface area contributed by atoms with Crippen molar-refractivity contribution in [2.45, 2.75) is 68.8 Å². The van der Waals surface area contributed by atoms with Crippen molar-refractivity contribution in [2.75, 3.05) is 40.5 Å². The molecule has 1 aromatic rings. The van der Waals surface area contributed by atoms with Gasteiger partial charge in [-0.05, 0) is 36.6 Å². The van der Waals surface area contributed by atoms with E-state index in [-0.39, 0.29) is 36.1 Å². The predicted molar refractivity (Wildman–Crippen MR) is 147 cm³/mol. The summed E-state index contributed by atoms with van der Waals surface area (Å²) < 4.78 is 17.4. The fourth-order valence-corrected chi connectivity index (χ4v) is 11.3. The molecule has 2 radical (unpaired) electrons. The topological polar surface area (TPSA) is 45.2 Å². The molecule has 0 bridgehead atoms. The molecule has 3 fully saturated rings. The van der Waals surface area contributed by atoms with Gasteiger partial charge in [0, 0.05) is 18.7 Å².